The molecule has 7 nitrogen and oxygen atoms in total. The van der Waals surface area contributed by atoms with Crippen LogP contribution in [0.3, 0.4) is 0 Å². The molecule has 2 rings (SSSR count). The summed E-state index contributed by atoms with van der Waals surface area (Å²) in [6.07, 6.45) is -0.369. The van der Waals surface area contributed by atoms with E-state index in [1.54, 1.807) is 44.9 Å². The maximum atomic E-state index is 11.9. The van der Waals surface area contributed by atoms with E-state index in [0.29, 0.717) is 18.7 Å². The van der Waals surface area contributed by atoms with Gasteiger partial charge in [-0.3, -0.25) is 9.69 Å². The van der Waals surface area contributed by atoms with Gasteiger partial charge in [-0.2, -0.15) is 5.10 Å². The van der Waals surface area contributed by atoms with Gasteiger partial charge in [-0.15, -0.1) is 5.10 Å². The van der Waals surface area contributed by atoms with Crippen molar-refractivity contribution < 1.29 is 14.7 Å². The van der Waals surface area contributed by atoms with Crippen molar-refractivity contribution in [2.75, 3.05) is 18.5 Å². The Kier molecular flexibility index (Phi) is 3.85. The quantitative estimate of drug-likeness (QED) is 0.896. The first kappa shape index (κ1) is 15.2. The third kappa shape index (κ3) is 2.96. The largest absolute Gasteiger partial charge is 0.465 e. The molecule has 0 spiro atoms. The van der Waals surface area contributed by atoms with E-state index in [9.17, 15) is 14.7 Å². The number of anilines is 1. The second-order valence-corrected chi connectivity index (χ2v) is 6.21. The molecule has 2 heterocycles. The first-order valence-electron chi connectivity index (χ1n) is 6.83. The van der Waals surface area contributed by atoms with E-state index in [4.69, 9.17) is 0 Å². The summed E-state index contributed by atoms with van der Waals surface area (Å²) in [5, 5.41) is 17.4. The average Bonchev–Trinajstić information content (AvgIpc) is 2.69. The van der Waals surface area contributed by atoms with Crippen molar-refractivity contribution in [3.8, 4) is 0 Å². The molecule has 1 aliphatic rings. The SMILES string of the molecule is CN1CCC(c2ccc(N(C(=O)O)C(C)(C)C)nn2)C1=O. The summed E-state index contributed by atoms with van der Waals surface area (Å²) in [7, 11) is 1.76. The highest BCUT2D eigenvalue weighted by molar-refractivity contribution is 5.87. The van der Waals surface area contributed by atoms with Crippen molar-refractivity contribution in [3.63, 3.8) is 0 Å². The molecule has 1 saturated heterocycles. The first-order chi connectivity index (χ1) is 9.71. The zero-order valence-electron chi connectivity index (χ0n) is 12.7. The van der Waals surface area contributed by atoms with Gasteiger partial charge in [0.15, 0.2) is 5.82 Å². The molecular formula is C14H20N4O3. The second kappa shape index (κ2) is 5.31. The van der Waals surface area contributed by atoms with Crippen LogP contribution in [0.1, 0.15) is 38.8 Å². The molecule has 1 aliphatic heterocycles. The highest BCUT2D eigenvalue weighted by Crippen LogP contribution is 2.27. The zero-order valence-corrected chi connectivity index (χ0v) is 12.7. The molecule has 1 aromatic rings. The standard InChI is InChI=1S/C14H20N4O3/c1-14(2,3)18(13(20)21)11-6-5-10(15-16-11)9-7-8-17(4)12(9)19/h5-6,9H,7-8H2,1-4H3,(H,20,21). The van der Waals surface area contributed by atoms with Gasteiger partial charge in [-0.25, -0.2) is 4.79 Å². The second-order valence-electron chi connectivity index (χ2n) is 6.21. The summed E-state index contributed by atoms with van der Waals surface area (Å²) in [5.74, 6) is 0.0185. The van der Waals surface area contributed by atoms with Crippen LogP contribution in [0.4, 0.5) is 10.6 Å². The van der Waals surface area contributed by atoms with E-state index < -0.39 is 11.6 Å². The number of hydrogen-bond acceptors (Lipinski definition) is 4. The summed E-state index contributed by atoms with van der Waals surface area (Å²) in [5.41, 5.74) is -0.0295. The first-order valence-corrected chi connectivity index (χ1v) is 6.83. The normalized spacial score (nSPS) is 19.0. The van der Waals surface area contributed by atoms with E-state index in [0.717, 1.165) is 4.90 Å². The molecule has 1 atom stereocenters. The molecule has 1 aromatic heterocycles. The van der Waals surface area contributed by atoms with Gasteiger partial charge < -0.3 is 10.0 Å². The Balaban J connectivity index is 2.26. The maximum absolute atomic E-state index is 11.9. The van der Waals surface area contributed by atoms with Crippen LogP contribution < -0.4 is 4.90 Å². The van der Waals surface area contributed by atoms with Crippen LogP contribution in [-0.2, 0) is 4.79 Å². The maximum Gasteiger partial charge on any atom is 0.413 e. The van der Waals surface area contributed by atoms with Gasteiger partial charge in [0.2, 0.25) is 5.91 Å². The number of nitrogens with zero attached hydrogens (tertiary/aromatic N) is 4. The lowest BCUT2D eigenvalue weighted by Crippen LogP contribution is -2.45. The van der Waals surface area contributed by atoms with Crippen molar-refractivity contribution in [2.24, 2.45) is 0 Å². The Morgan fingerprint density at radius 1 is 1.38 bits per heavy atom. The van der Waals surface area contributed by atoms with Crippen molar-refractivity contribution in [2.45, 2.75) is 38.6 Å². The number of carboxylic acid groups (broad SMARTS) is 1. The van der Waals surface area contributed by atoms with Crippen LogP contribution >= 0.6 is 0 Å². The van der Waals surface area contributed by atoms with E-state index >= 15 is 0 Å². The molecule has 2 amide bonds. The van der Waals surface area contributed by atoms with Crippen molar-refractivity contribution in [3.05, 3.63) is 17.8 Å². The van der Waals surface area contributed by atoms with Crippen LogP contribution in [0.2, 0.25) is 0 Å². The number of rotatable bonds is 2. The van der Waals surface area contributed by atoms with Gasteiger partial charge in [0.25, 0.3) is 0 Å². The fourth-order valence-corrected chi connectivity index (χ4v) is 2.47. The van der Waals surface area contributed by atoms with Crippen LogP contribution in [0.25, 0.3) is 0 Å². The van der Waals surface area contributed by atoms with Gasteiger partial charge in [-0.1, -0.05) is 0 Å². The third-order valence-electron chi connectivity index (χ3n) is 3.55. The number of hydrogen-bond donors (Lipinski definition) is 1. The molecule has 1 N–H and O–H groups in total. The fraction of sp³-hybridized carbons (Fsp3) is 0.571. The molecule has 1 unspecified atom stereocenters. The van der Waals surface area contributed by atoms with Gasteiger partial charge in [0.05, 0.1) is 11.6 Å². The zero-order chi connectivity index (χ0) is 15.8. The number of carbonyl (C=O) groups excluding carboxylic acids is 1. The molecule has 7 heteroatoms. The Morgan fingerprint density at radius 2 is 2.05 bits per heavy atom. The number of amides is 2. The smallest absolute Gasteiger partial charge is 0.413 e. The molecule has 1 fully saturated rings. The Morgan fingerprint density at radius 3 is 2.43 bits per heavy atom. The Bertz CT molecular complexity index is 550. The topological polar surface area (TPSA) is 86.6 Å². The summed E-state index contributed by atoms with van der Waals surface area (Å²) < 4.78 is 0. The molecule has 0 bridgehead atoms. The lowest BCUT2D eigenvalue weighted by Gasteiger charge is -2.31. The number of likely N-dealkylation sites (N-methyl/N-ethyl adjacent to an activating group) is 1. The molecule has 0 aliphatic carbocycles. The summed E-state index contributed by atoms with van der Waals surface area (Å²) in [6.45, 7) is 6.06. The van der Waals surface area contributed by atoms with Crippen molar-refractivity contribution in [1.29, 1.82) is 0 Å². The minimum atomic E-state index is -1.08. The van der Waals surface area contributed by atoms with Crippen LogP contribution in [0.5, 0.6) is 0 Å². The van der Waals surface area contributed by atoms with E-state index in [1.807, 2.05) is 0 Å². The summed E-state index contributed by atoms with van der Waals surface area (Å²) in [4.78, 5) is 26.2. The molecule has 0 saturated carbocycles. The van der Waals surface area contributed by atoms with E-state index in [-0.39, 0.29) is 17.6 Å². The minimum Gasteiger partial charge on any atom is -0.465 e. The van der Waals surface area contributed by atoms with Crippen LogP contribution in [0, 0.1) is 0 Å². The van der Waals surface area contributed by atoms with Crippen molar-refractivity contribution >= 4 is 17.8 Å². The molecule has 0 aromatic carbocycles. The molecular weight excluding hydrogens is 272 g/mol. The predicted octanol–water partition coefficient (Wildman–Crippen LogP) is 1.71. The van der Waals surface area contributed by atoms with Crippen LogP contribution in [0.15, 0.2) is 12.1 Å². The average molecular weight is 292 g/mol. The number of aromatic nitrogens is 2. The number of likely N-dealkylation sites (tertiary alicyclic amines) is 1. The molecule has 21 heavy (non-hydrogen) atoms. The highest BCUT2D eigenvalue weighted by atomic mass is 16.4. The van der Waals surface area contributed by atoms with Gasteiger partial charge in [0.1, 0.15) is 0 Å². The fourth-order valence-electron chi connectivity index (χ4n) is 2.47. The molecule has 0 radical (unpaired) electrons. The van der Waals surface area contributed by atoms with Gasteiger partial charge in [0, 0.05) is 19.1 Å². The van der Waals surface area contributed by atoms with Gasteiger partial charge in [-0.05, 0) is 39.3 Å². The lowest BCUT2D eigenvalue weighted by molar-refractivity contribution is -0.127. The number of carbonyl (C=O) groups is 2. The third-order valence-corrected chi connectivity index (χ3v) is 3.55. The summed E-state index contributed by atoms with van der Waals surface area (Å²) in [6, 6.07) is 3.29. The molecule has 114 valence electrons. The minimum absolute atomic E-state index is 0.0305. The monoisotopic (exact) mass is 292 g/mol. The van der Waals surface area contributed by atoms with Crippen molar-refractivity contribution in [1.82, 2.24) is 15.1 Å². The van der Waals surface area contributed by atoms with Crippen LogP contribution in [-0.4, -0.2) is 51.3 Å². The van der Waals surface area contributed by atoms with E-state index in [2.05, 4.69) is 10.2 Å². The van der Waals surface area contributed by atoms with Gasteiger partial charge >= 0.3 is 6.09 Å². The summed E-state index contributed by atoms with van der Waals surface area (Å²) >= 11 is 0. The Labute approximate surface area is 123 Å². The Hall–Kier alpha value is -2.18. The highest BCUT2D eigenvalue weighted by Gasteiger charge is 2.33. The van der Waals surface area contributed by atoms with E-state index in [1.165, 1.54) is 0 Å². The lowest BCUT2D eigenvalue weighted by atomic mass is 10.0. The predicted molar refractivity (Wildman–Crippen MR) is 77.3 cm³/mol.